The van der Waals surface area contributed by atoms with Crippen LogP contribution in [0.1, 0.15) is 26.7 Å². The molecule has 3 aliphatic rings. The minimum absolute atomic E-state index is 0.0737. The van der Waals surface area contributed by atoms with Gasteiger partial charge in [-0.3, -0.25) is 19.3 Å². The van der Waals surface area contributed by atoms with Crippen LogP contribution in [0.15, 0.2) is 0 Å². The predicted molar refractivity (Wildman–Crippen MR) is 71.2 cm³/mol. The van der Waals surface area contributed by atoms with E-state index in [2.05, 4.69) is 5.32 Å². The Bertz CT molecular complexity index is 488. The summed E-state index contributed by atoms with van der Waals surface area (Å²) in [7, 11) is 1.67. The fraction of sp³-hybridized carbons (Fsp3) is 0.786. The zero-order chi connectivity index (χ0) is 14.9. The molecule has 2 aliphatic carbocycles. The topological polar surface area (TPSA) is 92.5 Å². The van der Waals surface area contributed by atoms with Crippen molar-refractivity contribution in [2.75, 3.05) is 13.6 Å². The predicted octanol–water partition coefficient (Wildman–Crippen LogP) is -0.519. The largest absolute Gasteiger partial charge is 0.368 e. The first-order valence-electron chi connectivity index (χ1n) is 7.11. The van der Waals surface area contributed by atoms with Crippen molar-refractivity contribution in [1.29, 1.82) is 0 Å². The Hall–Kier alpha value is -1.43. The van der Waals surface area contributed by atoms with E-state index in [-0.39, 0.29) is 41.5 Å². The number of likely N-dealkylation sites (tertiary alicyclic amines) is 1. The molecule has 2 saturated carbocycles. The Morgan fingerprint density at radius 3 is 2.20 bits per heavy atom. The third-order valence-corrected chi connectivity index (χ3v) is 5.46. The molecule has 1 aliphatic heterocycles. The van der Waals surface area contributed by atoms with Crippen molar-refractivity contribution in [3.63, 3.8) is 0 Å². The molecule has 1 heterocycles. The second-order valence-corrected chi connectivity index (χ2v) is 6.90. The minimum atomic E-state index is -0.966. The van der Waals surface area contributed by atoms with Gasteiger partial charge in [0.2, 0.25) is 17.7 Å². The maximum Gasteiger partial charge on any atom is 0.239 e. The number of hydrogen-bond acceptors (Lipinski definition) is 4. The highest BCUT2D eigenvalue weighted by Crippen LogP contribution is 2.63. The normalized spacial score (nSPS) is 33.9. The van der Waals surface area contributed by atoms with Gasteiger partial charge in [-0.1, -0.05) is 13.8 Å². The molecular weight excluding hydrogens is 258 g/mol. The molecule has 0 spiro atoms. The molecule has 3 atom stereocenters. The number of nitrogens with one attached hydrogen (secondary N) is 1. The Morgan fingerprint density at radius 2 is 1.85 bits per heavy atom. The molecule has 1 saturated heterocycles. The number of rotatable bonds is 5. The highest BCUT2D eigenvalue weighted by atomic mass is 16.2. The summed E-state index contributed by atoms with van der Waals surface area (Å²) < 4.78 is 0. The molecule has 3 N–H and O–H groups in total. The van der Waals surface area contributed by atoms with Gasteiger partial charge in [0.15, 0.2) is 0 Å². The van der Waals surface area contributed by atoms with E-state index < -0.39 is 11.4 Å². The maximum absolute atomic E-state index is 12.4. The van der Waals surface area contributed by atoms with Crippen LogP contribution in [-0.4, -0.2) is 41.8 Å². The molecule has 0 aromatic heterocycles. The second-order valence-electron chi connectivity index (χ2n) is 6.90. The van der Waals surface area contributed by atoms with E-state index in [4.69, 9.17) is 5.73 Å². The molecule has 3 fully saturated rings. The first kappa shape index (κ1) is 13.5. The number of fused-ring (bicyclic) bond motifs is 1. The average Bonchev–Trinajstić information content (AvgIpc) is 3.24. The zero-order valence-electron chi connectivity index (χ0n) is 12.1. The number of hydrogen-bond donors (Lipinski definition) is 2. The van der Waals surface area contributed by atoms with Crippen LogP contribution in [0.3, 0.4) is 0 Å². The lowest BCUT2D eigenvalue weighted by molar-refractivity contribution is -0.145. The average molecular weight is 279 g/mol. The van der Waals surface area contributed by atoms with Crippen molar-refractivity contribution in [1.82, 2.24) is 10.2 Å². The second kappa shape index (κ2) is 3.81. The monoisotopic (exact) mass is 279 g/mol. The Kier molecular flexibility index (Phi) is 2.58. The molecule has 110 valence electrons. The van der Waals surface area contributed by atoms with Crippen LogP contribution in [0.4, 0.5) is 0 Å². The van der Waals surface area contributed by atoms with Gasteiger partial charge >= 0.3 is 0 Å². The fourth-order valence-corrected chi connectivity index (χ4v) is 3.80. The summed E-state index contributed by atoms with van der Waals surface area (Å²) in [6.45, 7) is 3.95. The van der Waals surface area contributed by atoms with Crippen molar-refractivity contribution in [3.8, 4) is 0 Å². The highest BCUT2D eigenvalue weighted by Gasteiger charge is 2.73. The number of primary amides is 1. The van der Waals surface area contributed by atoms with E-state index in [0.717, 1.165) is 12.8 Å². The van der Waals surface area contributed by atoms with Crippen molar-refractivity contribution in [3.05, 3.63) is 0 Å². The maximum atomic E-state index is 12.4. The molecular formula is C14H21N3O3. The van der Waals surface area contributed by atoms with Crippen LogP contribution < -0.4 is 11.1 Å². The number of piperidine rings is 1. The number of likely N-dealkylation sites (N-methyl/N-ethyl adjacent to an activating group) is 1. The van der Waals surface area contributed by atoms with Gasteiger partial charge in [-0.2, -0.15) is 0 Å². The number of carbonyl (C=O) groups is 3. The van der Waals surface area contributed by atoms with Gasteiger partial charge in [0.25, 0.3) is 0 Å². The van der Waals surface area contributed by atoms with Crippen LogP contribution >= 0.6 is 0 Å². The standard InChI is InChI=1S/C14H21N3O3/c1-13(2)8-9(13)11(19)17(10(8)18)6-14(16-3,12(15)20)7-4-5-7/h7-9,16H,4-6H2,1-3H3,(H2,15,20). The van der Waals surface area contributed by atoms with Gasteiger partial charge in [-0.15, -0.1) is 0 Å². The first-order valence-corrected chi connectivity index (χ1v) is 7.11. The number of carbonyl (C=O) groups excluding carboxylic acids is 3. The number of imide groups is 1. The molecule has 6 nitrogen and oxygen atoms in total. The SMILES string of the molecule is CNC(CN1C(=O)C2C(C1=O)C2(C)C)(C(N)=O)C1CC1. The van der Waals surface area contributed by atoms with Gasteiger partial charge in [0, 0.05) is 0 Å². The van der Waals surface area contributed by atoms with E-state index in [1.807, 2.05) is 13.8 Å². The third-order valence-electron chi connectivity index (χ3n) is 5.46. The van der Waals surface area contributed by atoms with E-state index in [1.165, 1.54) is 4.90 Å². The Labute approximate surface area is 118 Å². The summed E-state index contributed by atoms with van der Waals surface area (Å²) in [5.41, 5.74) is 4.35. The molecule has 6 heteroatoms. The summed E-state index contributed by atoms with van der Waals surface area (Å²) in [4.78, 5) is 37.8. The van der Waals surface area contributed by atoms with Crippen LogP contribution in [0.25, 0.3) is 0 Å². The van der Waals surface area contributed by atoms with E-state index in [9.17, 15) is 14.4 Å². The Morgan fingerprint density at radius 1 is 1.35 bits per heavy atom. The van der Waals surface area contributed by atoms with E-state index >= 15 is 0 Å². The quantitative estimate of drug-likeness (QED) is 0.662. The summed E-state index contributed by atoms with van der Waals surface area (Å²) in [5.74, 6) is -1.08. The Balaban J connectivity index is 1.83. The highest BCUT2D eigenvalue weighted by molar-refractivity contribution is 6.10. The molecule has 0 aromatic carbocycles. The van der Waals surface area contributed by atoms with Crippen LogP contribution in [0.5, 0.6) is 0 Å². The minimum Gasteiger partial charge on any atom is -0.368 e. The lowest BCUT2D eigenvalue weighted by Crippen LogP contribution is -2.63. The summed E-state index contributed by atoms with van der Waals surface area (Å²) in [6.07, 6.45) is 1.80. The van der Waals surface area contributed by atoms with Crippen LogP contribution in [0, 0.1) is 23.2 Å². The molecule has 20 heavy (non-hydrogen) atoms. The molecule has 0 bridgehead atoms. The number of nitrogens with zero attached hydrogens (tertiary/aromatic N) is 1. The van der Waals surface area contributed by atoms with Crippen molar-refractivity contribution < 1.29 is 14.4 Å². The number of nitrogens with two attached hydrogens (primary N) is 1. The van der Waals surface area contributed by atoms with Crippen molar-refractivity contribution in [2.24, 2.45) is 28.9 Å². The summed E-state index contributed by atoms with van der Waals surface area (Å²) in [5, 5.41) is 2.97. The van der Waals surface area contributed by atoms with Gasteiger partial charge in [0.1, 0.15) is 5.54 Å². The zero-order valence-corrected chi connectivity index (χ0v) is 12.1. The van der Waals surface area contributed by atoms with Gasteiger partial charge < -0.3 is 11.1 Å². The van der Waals surface area contributed by atoms with E-state index in [1.54, 1.807) is 7.05 Å². The van der Waals surface area contributed by atoms with Crippen molar-refractivity contribution in [2.45, 2.75) is 32.2 Å². The smallest absolute Gasteiger partial charge is 0.239 e. The van der Waals surface area contributed by atoms with E-state index in [0.29, 0.717) is 0 Å². The summed E-state index contributed by atoms with van der Waals surface area (Å²) in [6, 6.07) is 0. The van der Waals surface area contributed by atoms with Crippen LogP contribution in [0.2, 0.25) is 0 Å². The fourth-order valence-electron chi connectivity index (χ4n) is 3.80. The lowest BCUT2D eigenvalue weighted by Gasteiger charge is -2.34. The van der Waals surface area contributed by atoms with Crippen molar-refractivity contribution >= 4 is 17.7 Å². The first-order chi connectivity index (χ1) is 9.27. The molecule has 0 radical (unpaired) electrons. The third kappa shape index (κ3) is 1.51. The van der Waals surface area contributed by atoms with Gasteiger partial charge in [-0.05, 0) is 31.2 Å². The molecule has 3 amide bonds. The van der Waals surface area contributed by atoms with Crippen LogP contribution in [-0.2, 0) is 14.4 Å². The van der Waals surface area contributed by atoms with Gasteiger partial charge in [0.05, 0.1) is 18.4 Å². The molecule has 0 aromatic rings. The molecule has 3 rings (SSSR count). The molecule has 3 unspecified atom stereocenters. The lowest BCUT2D eigenvalue weighted by atomic mass is 9.91. The summed E-state index contributed by atoms with van der Waals surface area (Å²) >= 11 is 0. The van der Waals surface area contributed by atoms with Gasteiger partial charge in [-0.25, -0.2) is 0 Å². The number of amides is 3.